The third-order valence-electron chi connectivity index (χ3n) is 5.17. The lowest BCUT2D eigenvalue weighted by molar-refractivity contribution is -0.158. The monoisotopic (exact) mass is 354 g/mol. The van der Waals surface area contributed by atoms with Crippen LogP contribution in [0.1, 0.15) is 5.56 Å². The van der Waals surface area contributed by atoms with Crippen LogP contribution in [-0.2, 0) is 16.1 Å². The molecule has 26 heavy (non-hydrogen) atoms. The highest BCUT2D eigenvalue weighted by Gasteiger charge is 2.41. The summed E-state index contributed by atoms with van der Waals surface area (Å²) in [5, 5.41) is 1.06. The quantitative estimate of drug-likeness (QED) is 0.813. The van der Waals surface area contributed by atoms with E-state index in [1.807, 2.05) is 24.3 Å². The van der Waals surface area contributed by atoms with Gasteiger partial charge in [-0.1, -0.05) is 18.2 Å². The third kappa shape index (κ3) is 2.88. The Hall–Kier alpha value is -2.67. The molecule has 2 aliphatic rings. The van der Waals surface area contributed by atoms with Crippen LogP contribution >= 0.6 is 0 Å². The van der Waals surface area contributed by atoms with E-state index in [9.17, 15) is 9.59 Å². The van der Waals surface area contributed by atoms with E-state index in [2.05, 4.69) is 16.0 Å². The number of likely N-dealkylation sites (N-methyl/N-ethyl adjacent to an activating group) is 1. The number of para-hydroxylation sites is 1. The number of methoxy groups -OCH3 is 1. The first-order valence-electron chi connectivity index (χ1n) is 8.76. The molecule has 2 fully saturated rings. The van der Waals surface area contributed by atoms with Crippen LogP contribution in [0, 0.1) is 0 Å². The van der Waals surface area contributed by atoms with Gasteiger partial charge in [-0.25, -0.2) is 4.98 Å². The number of benzene rings is 1. The molecule has 0 aliphatic carbocycles. The minimum atomic E-state index is -0.394. The molecule has 3 heterocycles. The van der Waals surface area contributed by atoms with Gasteiger partial charge >= 0.3 is 0 Å². The van der Waals surface area contributed by atoms with Gasteiger partial charge in [0.25, 0.3) is 0 Å². The minimum Gasteiger partial charge on any atom is -0.481 e. The number of piperazine rings is 2. The standard InChI is InChI=1S/C19H22N4O3/c1-21-12-17(24)23-8-7-22(11-16(23)19(21)25)10-14-9-13-5-3-4-6-15(13)20-18(14)26-2/h3-6,9,16H,7-8,10-12H2,1-2H3. The molecule has 7 heteroatoms. The van der Waals surface area contributed by atoms with Crippen molar-refractivity contribution in [1.29, 1.82) is 0 Å². The van der Waals surface area contributed by atoms with Crippen molar-refractivity contribution >= 4 is 22.7 Å². The Balaban J connectivity index is 1.57. The van der Waals surface area contributed by atoms with Crippen molar-refractivity contribution < 1.29 is 14.3 Å². The molecule has 1 aromatic carbocycles. The summed E-state index contributed by atoms with van der Waals surface area (Å²) < 4.78 is 5.48. The Morgan fingerprint density at radius 1 is 1.23 bits per heavy atom. The number of ether oxygens (including phenoxy) is 1. The molecule has 2 saturated heterocycles. The van der Waals surface area contributed by atoms with E-state index in [1.165, 1.54) is 4.90 Å². The second-order valence-corrected chi connectivity index (χ2v) is 6.88. The molecule has 2 aliphatic heterocycles. The number of fused-ring (bicyclic) bond motifs is 2. The maximum atomic E-state index is 12.5. The van der Waals surface area contributed by atoms with Gasteiger partial charge in [-0.15, -0.1) is 0 Å². The molecule has 0 saturated carbocycles. The first kappa shape index (κ1) is 16.8. The molecule has 136 valence electrons. The van der Waals surface area contributed by atoms with E-state index in [-0.39, 0.29) is 18.4 Å². The number of aromatic nitrogens is 1. The number of carbonyl (C=O) groups is 2. The Bertz CT molecular complexity index is 869. The van der Waals surface area contributed by atoms with Gasteiger partial charge in [0, 0.05) is 44.2 Å². The van der Waals surface area contributed by atoms with Crippen LogP contribution in [0.2, 0.25) is 0 Å². The van der Waals surface area contributed by atoms with Gasteiger partial charge < -0.3 is 14.5 Å². The van der Waals surface area contributed by atoms with Crippen molar-refractivity contribution in [2.75, 3.05) is 40.3 Å². The molecular formula is C19H22N4O3. The van der Waals surface area contributed by atoms with Crippen LogP contribution < -0.4 is 4.74 Å². The Kier molecular flexibility index (Phi) is 4.24. The fourth-order valence-electron chi connectivity index (χ4n) is 3.79. The minimum absolute atomic E-state index is 0.0119. The summed E-state index contributed by atoms with van der Waals surface area (Å²) in [5.74, 6) is 0.647. The maximum Gasteiger partial charge on any atom is 0.246 e. The Morgan fingerprint density at radius 2 is 2.04 bits per heavy atom. The molecular weight excluding hydrogens is 332 g/mol. The third-order valence-corrected chi connectivity index (χ3v) is 5.17. The molecule has 1 atom stereocenters. The molecule has 7 nitrogen and oxygen atoms in total. The highest BCUT2D eigenvalue weighted by atomic mass is 16.5. The zero-order chi connectivity index (χ0) is 18.3. The van der Waals surface area contributed by atoms with Crippen LogP contribution in [0.5, 0.6) is 5.88 Å². The van der Waals surface area contributed by atoms with E-state index in [0.29, 0.717) is 25.5 Å². The van der Waals surface area contributed by atoms with Gasteiger partial charge in [0.1, 0.15) is 6.04 Å². The second kappa shape index (κ2) is 6.57. The molecule has 0 N–H and O–H groups in total. The van der Waals surface area contributed by atoms with Gasteiger partial charge in [0.05, 0.1) is 19.2 Å². The molecule has 2 aromatic rings. The SMILES string of the molecule is COc1nc2ccccc2cc1CN1CCN2C(=O)CN(C)C(=O)C2C1. The smallest absolute Gasteiger partial charge is 0.246 e. The lowest BCUT2D eigenvalue weighted by atomic mass is 10.1. The van der Waals surface area contributed by atoms with Crippen LogP contribution in [-0.4, -0.2) is 77.9 Å². The van der Waals surface area contributed by atoms with Crippen LogP contribution in [0.15, 0.2) is 30.3 Å². The lowest BCUT2D eigenvalue weighted by Gasteiger charge is -2.45. The summed E-state index contributed by atoms with van der Waals surface area (Å²) in [7, 11) is 3.31. The molecule has 0 bridgehead atoms. The summed E-state index contributed by atoms with van der Waals surface area (Å²) >= 11 is 0. The van der Waals surface area contributed by atoms with Crippen molar-refractivity contribution in [1.82, 2.24) is 19.7 Å². The predicted octanol–water partition coefficient (Wildman–Crippen LogP) is 0.728. The summed E-state index contributed by atoms with van der Waals surface area (Å²) in [6.45, 7) is 2.65. The van der Waals surface area contributed by atoms with E-state index in [4.69, 9.17) is 4.74 Å². The molecule has 4 rings (SSSR count). The number of nitrogens with zero attached hydrogens (tertiary/aromatic N) is 4. The van der Waals surface area contributed by atoms with Crippen molar-refractivity contribution in [3.8, 4) is 5.88 Å². The number of rotatable bonds is 3. The fourth-order valence-corrected chi connectivity index (χ4v) is 3.79. The second-order valence-electron chi connectivity index (χ2n) is 6.88. The van der Waals surface area contributed by atoms with E-state index < -0.39 is 6.04 Å². The average molecular weight is 354 g/mol. The highest BCUT2D eigenvalue weighted by Crippen LogP contribution is 2.25. The largest absolute Gasteiger partial charge is 0.481 e. The van der Waals surface area contributed by atoms with Gasteiger partial charge in [-0.05, 0) is 12.1 Å². The van der Waals surface area contributed by atoms with E-state index in [0.717, 1.165) is 23.0 Å². The summed E-state index contributed by atoms with van der Waals surface area (Å²) in [6.07, 6.45) is 0. The van der Waals surface area contributed by atoms with Crippen molar-refractivity contribution in [3.63, 3.8) is 0 Å². The van der Waals surface area contributed by atoms with Crippen LogP contribution in [0.3, 0.4) is 0 Å². The van der Waals surface area contributed by atoms with Gasteiger partial charge in [0.2, 0.25) is 17.7 Å². The van der Waals surface area contributed by atoms with E-state index in [1.54, 1.807) is 19.1 Å². The predicted molar refractivity (Wildman–Crippen MR) is 96.7 cm³/mol. The average Bonchev–Trinajstić information content (AvgIpc) is 2.65. The molecule has 0 radical (unpaired) electrons. The van der Waals surface area contributed by atoms with Crippen molar-refractivity contribution in [2.45, 2.75) is 12.6 Å². The zero-order valence-electron chi connectivity index (χ0n) is 15.0. The van der Waals surface area contributed by atoms with Crippen molar-refractivity contribution in [2.24, 2.45) is 0 Å². The summed E-state index contributed by atoms with van der Waals surface area (Å²) in [4.78, 5) is 34.7. The van der Waals surface area contributed by atoms with Gasteiger partial charge in [-0.2, -0.15) is 0 Å². The number of hydrogen-bond acceptors (Lipinski definition) is 5. The number of pyridine rings is 1. The van der Waals surface area contributed by atoms with Crippen LogP contribution in [0.4, 0.5) is 0 Å². The Labute approximate surface area is 152 Å². The Morgan fingerprint density at radius 3 is 2.85 bits per heavy atom. The normalized spacial score (nSPS) is 21.2. The summed E-state index contributed by atoms with van der Waals surface area (Å²) in [5.41, 5.74) is 1.88. The maximum absolute atomic E-state index is 12.5. The lowest BCUT2D eigenvalue weighted by Crippen LogP contribution is -2.65. The number of carbonyl (C=O) groups excluding carboxylic acids is 2. The number of hydrogen-bond donors (Lipinski definition) is 0. The number of amides is 2. The molecule has 2 amide bonds. The van der Waals surface area contributed by atoms with Gasteiger partial charge in [-0.3, -0.25) is 14.5 Å². The molecule has 0 spiro atoms. The fraction of sp³-hybridized carbons (Fsp3) is 0.421. The van der Waals surface area contributed by atoms with E-state index >= 15 is 0 Å². The zero-order valence-corrected chi connectivity index (χ0v) is 15.0. The van der Waals surface area contributed by atoms with Gasteiger partial charge in [0.15, 0.2) is 0 Å². The summed E-state index contributed by atoms with van der Waals surface area (Å²) in [6, 6.07) is 9.63. The molecule has 1 unspecified atom stereocenters. The topological polar surface area (TPSA) is 66.0 Å². The molecule has 1 aromatic heterocycles. The van der Waals surface area contributed by atoms with Crippen molar-refractivity contribution in [3.05, 3.63) is 35.9 Å². The highest BCUT2D eigenvalue weighted by molar-refractivity contribution is 5.95. The first-order chi connectivity index (χ1) is 12.6. The first-order valence-corrected chi connectivity index (χ1v) is 8.76. The van der Waals surface area contributed by atoms with Crippen LogP contribution in [0.25, 0.3) is 10.9 Å².